The van der Waals surface area contributed by atoms with E-state index >= 15 is 0 Å². The molecule has 1 fully saturated rings. The second-order valence-corrected chi connectivity index (χ2v) is 7.46. The van der Waals surface area contributed by atoms with Gasteiger partial charge < -0.3 is 19.7 Å². The summed E-state index contributed by atoms with van der Waals surface area (Å²) in [5, 5.41) is 3.07. The fraction of sp³-hybridized carbons (Fsp3) is 0.421. The van der Waals surface area contributed by atoms with Gasteiger partial charge in [-0.15, -0.1) is 0 Å². The highest BCUT2D eigenvalue weighted by atomic mass is 32.2. The normalized spacial score (nSPS) is 13.7. The number of rotatable bonds is 7. The lowest BCUT2D eigenvalue weighted by molar-refractivity contribution is -0.112. The highest BCUT2D eigenvalue weighted by Gasteiger charge is 2.22. The van der Waals surface area contributed by atoms with Crippen LogP contribution in [0.25, 0.3) is 0 Å². The average molecular weight is 417 g/mol. The van der Waals surface area contributed by atoms with Gasteiger partial charge in [0, 0.05) is 24.9 Å². The van der Waals surface area contributed by atoms with E-state index < -0.39 is 0 Å². The third kappa shape index (κ3) is 5.14. The lowest BCUT2D eigenvalue weighted by Crippen LogP contribution is -2.31. The number of nitrogens with zero attached hydrogens (tertiary/aromatic N) is 5. The lowest BCUT2D eigenvalue weighted by atomic mass is 10.1. The van der Waals surface area contributed by atoms with Gasteiger partial charge in [-0.25, -0.2) is 9.97 Å². The van der Waals surface area contributed by atoms with Crippen LogP contribution in [0.1, 0.15) is 26.2 Å². The van der Waals surface area contributed by atoms with Crippen molar-refractivity contribution in [2.24, 2.45) is 0 Å². The van der Waals surface area contributed by atoms with E-state index in [-0.39, 0.29) is 5.91 Å². The van der Waals surface area contributed by atoms with Gasteiger partial charge in [-0.2, -0.15) is 9.97 Å². The summed E-state index contributed by atoms with van der Waals surface area (Å²) in [7, 11) is 3.10. The number of aromatic nitrogens is 4. The molecule has 3 heterocycles. The van der Waals surface area contributed by atoms with Crippen molar-refractivity contribution in [3.05, 3.63) is 24.4 Å². The number of hydrogen-bond donors (Lipinski definition) is 1. The van der Waals surface area contributed by atoms with Gasteiger partial charge in [0.15, 0.2) is 5.16 Å². The number of hydrogen-bond acceptors (Lipinski definition) is 9. The van der Waals surface area contributed by atoms with Crippen molar-refractivity contribution in [3.63, 3.8) is 0 Å². The van der Waals surface area contributed by atoms with Crippen LogP contribution in [0.3, 0.4) is 0 Å². The Kier molecular flexibility index (Phi) is 6.86. The van der Waals surface area contributed by atoms with E-state index in [2.05, 4.69) is 36.7 Å². The second kappa shape index (κ2) is 9.55. The van der Waals surface area contributed by atoms with Gasteiger partial charge in [-0.05, 0) is 44.0 Å². The Labute approximate surface area is 174 Å². The molecule has 0 atom stereocenters. The maximum atomic E-state index is 11.8. The van der Waals surface area contributed by atoms with Crippen molar-refractivity contribution in [2.45, 2.75) is 36.2 Å². The molecule has 1 amide bonds. The Morgan fingerprint density at radius 3 is 2.38 bits per heavy atom. The Morgan fingerprint density at radius 2 is 1.79 bits per heavy atom. The van der Waals surface area contributed by atoms with Gasteiger partial charge in [-0.1, -0.05) is 6.58 Å². The monoisotopic (exact) mass is 416 g/mol. The van der Waals surface area contributed by atoms with Crippen molar-refractivity contribution in [1.82, 2.24) is 19.9 Å². The molecule has 1 aliphatic rings. The smallest absolute Gasteiger partial charge is 0.251 e. The summed E-state index contributed by atoms with van der Waals surface area (Å²) < 4.78 is 11.0. The third-order valence-corrected chi connectivity index (χ3v) is 5.21. The van der Waals surface area contributed by atoms with Crippen molar-refractivity contribution in [1.29, 1.82) is 0 Å². The standard InChI is InChI=1S/C19H24N6O3S/c1-12(2)15(26)21-13-8-9-20-19(22-13)29-14-16(27-3)23-18(24-17(14)28-4)25-10-6-5-7-11-25/h8-9H,1,5-7,10-11H2,2-4H3,(H,20,21,22,26). The van der Waals surface area contributed by atoms with Crippen molar-refractivity contribution >= 4 is 29.4 Å². The van der Waals surface area contributed by atoms with E-state index in [0.717, 1.165) is 25.9 Å². The fourth-order valence-corrected chi connectivity index (χ4v) is 3.65. The summed E-state index contributed by atoms with van der Waals surface area (Å²) in [6, 6.07) is 1.61. The van der Waals surface area contributed by atoms with Crippen LogP contribution in [0, 0.1) is 0 Å². The molecule has 2 aromatic rings. The fourth-order valence-electron chi connectivity index (χ4n) is 2.77. The number of nitrogens with one attached hydrogen (secondary N) is 1. The zero-order valence-corrected chi connectivity index (χ0v) is 17.6. The molecule has 0 radical (unpaired) electrons. The quantitative estimate of drug-likeness (QED) is 0.539. The summed E-state index contributed by atoms with van der Waals surface area (Å²) >= 11 is 1.21. The Bertz CT molecular complexity index is 876. The topological polar surface area (TPSA) is 102 Å². The van der Waals surface area contributed by atoms with Crippen LogP contribution >= 0.6 is 11.8 Å². The van der Waals surface area contributed by atoms with Crippen molar-refractivity contribution in [3.8, 4) is 11.8 Å². The van der Waals surface area contributed by atoms with Crippen LogP contribution in [0.2, 0.25) is 0 Å². The minimum atomic E-state index is -0.302. The number of anilines is 2. The maximum Gasteiger partial charge on any atom is 0.251 e. The minimum absolute atomic E-state index is 0.302. The van der Waals surface area contributed by atoms with Gasteiger partial charge in [-0.3, -0.25) is 4.79 Å². The summed E-state index contributed by atoms with van der Waals surface area (Å²) in [6.07, 6.45) is 5.00. The van der Waals surface area contributed by atoms with Gasteiger partial charge >= 0.3 is 0 Å². The molecule has 154 valence electrons. The highest BCUT2D eigenvalue weighted by molar-refractivity contribution is 7.99. The first kappa shape index (κ1) is 20.8. The van der Waals surface area contributed by atoms with E-state index in [1.54, 1.807) is 33.4 Å². The predicted octanol–water partition coefficient (Wildman–Crippen LogP) is 2.94. The molecule has 0 aromatic carbocycles. The van der Waals surface area contributed by atoms with Crippen LogP contribution in [-0.2, 0) is 4.79 Å². The van der Waals surface area contributed by atoms with Crippen molar-refractivity contribution in [2.75, 3.05) is 37.5 Å². The summed E-state index contributed by atoms with van der Waals surface area (Å²) in [5.41, 5.74) is 0.392. The summed E-state index contributed by atoms with van der Waals surface area (Å²) in [5.74, 6) is 1.44. The minimum Gasteiger partial charge on any atom is -0.480 e. The third-order valence-electron chi connectivity index (χ3n) is 4.27. The number of carbonyl (C=O) groups excluding carboxylic acids is 1. The number of methoxy groups -OCH3 is 2. The maximum absolute atomic E-state index is 11.8. The molecular formula is C19H24N6O3S. The average Bonchev–Trinajstić information content (AvgIpc) is 2.74. The van der Waals surface area contributed by atoms with Gasteiger partial charge in [0.1, 0.15) is 10.7 Å². The Morgan fingerprint density at radius 1 is 1.14 bits per heavy atom. The molecule has 10 heteroatoms. The molecule has 0 saturated carbocycles. The lowest BCUT2D eigenvalue weighted by Gasteiger charge is -2.27. The molecule has 1 N–H and O–H groups in total. The van der Waals surface area contributed by atoms with Crippen LogP contribution in [0.15, 0.2) is 34.5 Å². The van der Waals surface area contributed by atoms with E-state index in [0.29, 0.717) is 39.2 Å². The molecule has 2 aromatic heterocycles. The zero-order chi connectivity index (χ0) is 20.8. The molecule has 1 aliphatic heterocycles. The molecule has 1 saturated heterocycles. The van der Waals surface area contributed by atoms with Crippen LogP contribution in [-0.4, -0.2) is 53.2 Å². The first-order valence-electron chi connectivity index (χ1n) is 9.24. The van der Waals surface area contributed by atoms with Gasteiger partial charge in [0.25, 0.3) is 5.91 Å². The number of amides is 1. The predicted molar refractivity (Wildman–Crippen MR) is 111 cm³/mol. The molecule has 0 bridgehead atoms. The first-order chi connectivity index (χ1) is 14.0. The van der Waals surface area contributed by atoms with E-state index in [4.69, 9.17) is 9.47 Å². The zero-order valence-electron chi connectivity index (χ0n) is 16.8. The van der Waals surface area contributed by atoms with E-state index in [9.17, 15) is 4.79 Å². The van der Waals surface area contributed by atoms with Crippen LogP contribution in [0.5, 0.6) is 11.8 Å². The summed E-state index contributed by atoms with van der Waals surface area (Å²) in [6.45, 7) is 7.07. The molecule has 3 rings (SSSR count). The van der Waals surface area contributed by atoms with Gasteiger partial charge in [0.05, 0.1) is 14.2 Å². The van der Waals surface area contributed by atoms with E-state index in [1.807, 2.05) is 0 Å². The van der Waals surface area contributed by atoms with Crippen LogP contribution in [0.4, 0.5) is 11.8 Å². The Hall–Kier alpha value is -2.88. The van der Waals surface area contributed by atoms with Gasteiger partial charge in [0.2, 0.25) is 17.7 Å². The van der Waals surface area contributed by atoms with Crippen molar-refractivity contribution < 1.29 is 14.3 Å². The molecule has 0 spiro atoms. The first-order valence-corrected chi connectivity index (χ1v) is 10.1. The molecule has 29 heavy (non-hydrogen) atoms. The molecule has 0 aliphatic carbocycles. The Balaban J connectivity index is 1.88. The number of carbonyl (C=O) groups is 1. The van der Waals surface area contributed by atoms with Crippen LogP contribution < -0.4 is 19.7 Å². The largest absolute Gasteiger partial charge is 0.480 e. The molecule has 9 nitrogen and oxygen atoms in total. The number of ether oxygens (including phenoxy) is 2. The molecule has 0 unspecified atom stereocenters. The highest BCUT2D eigenvalue weighted by Crippen LogP contribution is 2.40. The number of piperidine rings is 1. The molecular weight excluding hydrogens is 392 g/mol. The SMILES string of the molecule is C=C(C)C(=O)Nc1ccnc(Sc2c(OC)nc(N3CCCCC3)nc2OC)n1. The van der Waals surface area contributed by atoms with E-state index in [1.165, 1.54) is 18.2 Å². The summed E-state index contributed by atoms with van der Waals surface area (Å²) in [4.78, 5) is 32.3. The second-order valence-electron chi connectivity index (χ2n) is 6.48.